The van der Waals surface area contributed by atoms with Crippen LogP contribution in [0, 0.1) is 19.3 Å². The molecule has 1 aromatic carbocycles. The first-order valence-corrected chi connectivity index (χ1v) is 10.6. The van der Waals surface area contributed by atoms with Crippen LogP contribution in [0.4, 0.5) is 0 Å². The molecule has 0 atom stereocenters. The van der Waals surface area contributed by atoms with E-state index in [0.29, 0.717) is 31.7 Å². The molecular weight excluding hydrogens is 376 g/mol. The van der Waals surface area contributed by atoms with Crippen LogP contribution in [0.3, 0.4) is 0 Å². The molecule has 0 unspecified atom stereocenters. The maximum atomic E-state index is 13.4. The van der Waals surface area contributed by atoms with Crippen molar-refractivity contribution in [2.75, 3.05) is 19.6 Å². The number of aromatic nitrogens is 2. The summed E-state index contributed by atoms with van der Waals surface area (Å²) in [4.78, 5) is 29.9. The highest BCUT2D eigenvalue weighted by molar-refractivity contribution is 5.95. The fraction of sp³-hybridized carbons (Fsp3) is 0.542. The van der Waals surface area contributed by atoms with Crippen molar-refractivity contribution in [2.45, 2.75) is 60.5 Å². The van der Waals surface area contributed by atoms with Crippen LogP contribution in [0.2, 0.25) is 0 Å². The van der Waals surface area contributed by atoms with Crippen LogP contribution in [-0.4, -0.2) is 56.6 Å². The van der Waals surface area contributed by atoms with Crippen molar-refractivity contribution in [1.29, 1.82) is 0 Å². The molecule has 0 spiro atoms. The number of rotatable bonds is 3. The number of benzene rings is 1. The second-order valence-electron chi connectivity index (χ2n) is 10.0. The zero-order chi connectivity index (χ0) is 22.3. The Balaban J connectivity index is 1.77. The predicted octanol–water partition coefficient (Wildman–Crippen LogP) is 3.66. The van der Waals surface area contributed by atoms with E-state index in [1.807, 2.05) is 87.2 Å². The molecule has 0 saturated carbocycles. The second-order valence-corrected chi connectivity index (χ2v) is 10.0. The fourth-order valence-electron chi connectivity index (χ4n) is 4.15. The first kappa shape index (κ1) is 22.1. The van der Waals surface area contributed by atoms with Crippen molar-refractivity contribution in [3.63, 3.8) is 0 Å². The monoisotopic (exact) mass is 410 g/mol. The smallest absolute Gasteiger partial charge is 0.254 e. The molecular formula is C24H34N4O2. The minimum Gasteiger partial charge on any atom is -0.338 e. The van der Waals surface area contributed by atoms with E-state index < -0.39 is 11.0 Å². The lowest BCUT2D eigenvalue weighted by Gasteiger charge is -2.48. The molecule has 6 nitrogen and oxygen atoms in total. The van der Waals surface area contributed by atoms with Crippen molar-refractivity contribution in [3.8, 4) is 0 Å². The van der Waals surface area contributed by atoms with Gasteiger partial charge in [0, 0.05) is 36.3 Å². The summed E-state index contributed by atoms with van der Waals surface area (Å²) in [7, 11) is 0. The Hall–Kier alpha value is -2.63. The van der Waals surface area contributed by atoms with Crippen molar-refractivity contribution < 1.29 is 9.59 Å². The fourth-order valence-corrected chi connectivity index (χ4v) is 4.15. The lowest BCUT2D eigenvalue weighted by molar-refractivity contribution is -0.143. The Kier molecular flexibility index (Phi) is 5.81. The lowest BCUT2D eigenvalue weighted by atomic mass is 9.91. The summed E-state index contributed by atoms with van der Waals surface area (Å²) in [6.45, 7) is 16.2. The van der Waals surface area contributed by atoms with Crippen LogP contribution in [-0.2, 0) is 11.3 Å². The van der Waals surface area contributed by atoms with Gasteiger partial charge in [-0.1, -0.05) is 32.9 Å². The van der Waals surface area contributed by atoms with Crippen molar-refractivity contribution in [1.82, 2.24) is 19.6 Å². The molecule has 2 heterocycles. The molecule has 0 bridgehead atoms. The van der Waals surface area contributed by atoms with Crippen LogP contribution in [0.15, 0.2) is 30.3 Å². The van der Waals surface area contributed by atoms with Gasteiger partial charge in [0.2, 0.25) is 5.91 Å². The van der Waals surface area contributed by atoms with Gasteiger partial charge >= 0.3 is 0 Å². The number of amides is 2. The van der Waals surface area contributed by atoms with Crippen molar-refractivity contribution in [2.24, 2.45) is 5.41 Å². The summed E-state index contributed by atoms with van der Waals surface area (Å²) in [5, 5.41) is 4.52. The van der Waals surface area contributed by atoms with Gasteiger partial charge in [-0.2, -0.15) is 5.10 Å². The Morgan fingerprint density at radius 3 is 2.37 bits per heavy atom. The molecule has 3 rings (SSSR count). The minimum absolute atomic E-state index is 0.0121. The molecule has 0 N–H and O–H groups in total. The average molecular weight is 411 g/mol. The van der Waals surface area contributed by atoms with Gasteiger partial charge in [0.25, 0.3) is 5.91 Å². The van der Waals surface area contributed by atoms with E-state index in [1.54, 1.807) is 0 Å². The Labute approximate surface area is 179 Å². The number of piperazine rings is 1. The largest absolute Gasteiger partial charge is 0.338 e. The first-order valence-electron chi connectivity index (χ1n) is 10.6. The molecule has 162 valence electrons. The number of carbonyl (C=O) groups excluding carboxylic acids is 2. The van der Waals surface area contributed by atoms with Crippen LogP contribution < -0.4 is 0 Å². The Morgan fingerprint density at radius 2 is 1.80 bits per heavy atom. The third kappa shape index (κ3) is 4.58. The van der Waals surface area contributed by atoms with Gasteiger partial charge in [-0.05, 0) is 51.5 Å². The van der Waals surface area contributed by atoms with Crippen LogP contribution in [0.5, 0.6) is 0 Å². The maximum Gasteiger partial charge on any atom is 0.254 e. The molecule has 2 amide bonds. The van der Waals surface area contributed by atoms with Gasteiger partial charge in [-0.15, -0.1) is 0 Å². The Bertz CT molecular complexity index is 952. The highest BCUT2D eigenvalue weighted by Gasteiger charge is 2.40. The summed E-state index contributed by atoms with van der Waals surface area (Å²) < 4.78 is 1.96. The van der Waals surface area contributed by atoms with Gasteiger partial charge < -0.3 is 9.80 Å². The molecule has 1 fully saturated rings. The van der Waals surface area contributed by atoms with Crippen LogP contribution in [0.1, 0.15) is 61.9 Å². The summed E-state index contributed by atoms with van der Waals surface area (Å²) in [6, 6.07) is 9.84. The average Bonchev–Trinajstić information content (AvgIpc) is 2.96. The van der Waals surface area contributed by atoms with E-state index in [-0.39, 0.29) is 11.8 Å². The molecule has 2 aromatic rings. The molecule has 6 heteroatoms. The summed E-state index contributed by atoms with van der Waals surface area (Å²) >= 11 is 0. The van der Waals surface area contributed by atoms with Gasteiger partial charge in [0.05, 0.1) is 17.8 Å². The molecule has 1 aliphatic heterocycles. The standard InChI is InChI=1S/C24H34N4O2/c1-17-13-18(2)28(25-17)15-19-9-8-10-20(14-19)21(29)27-12-11-26(16-24(27,6)7)22(30)23(3,4)5/h8-10,13-14H,11-12,15-16H2,1-7H3. The van der Waals surface area contributed by atoms with E-state index in [2.05, 4.69) is 11.2 Å². The molecule has 1 aromatic heterocycles. The van der Waals surface area contributed by atoms with Gasteiger partial charge in [-0.3, -0.25) is 14.3 Å². The zero-order valence-electron chi connectivity index (χ0n) is 19.3. The topological polar surface area (TPSA) is 58.4 Å². The van der Waals surface area contributed by atoms with E-state index in [9.17, 15) is 9.59 Å². The number of carbonyl (C=O) groups is 2. The lowest BCUT2D eigenvalue weighted by Crippen LogP contribution is -2.63. The van der Waals surface area contributed by atoms with Crippen molar-refractivity contribution >= 4 is 11.8 Å². The molecule has 0 aliphatic carbocycles. The normalized spacial score (nSPS) is 16.6. The number of nitrogens with zero attached hydrogens (tertiary/aromatic N) is 4. The van der Waals surface area contributed by atoms with Gasteiger partial charge in [0.15, 0.2) is 0 Å². The van der Waals surface area contributed by atoms with Gasteiger partial charge in [0.1, 0.15) is 0 Å². The van der Waals surface area contributed by atoms with Crippen molar-refractivity contribution in [3.05, 3.63) is 52.8 Å². The third-order valence-corrected chi connectivity index (χ3v) is 5.69. The third-order valence-electron chi connectivity index (χ3n) is 5.69. The SMILES string of the molecule is Cc1cc(C)n(Cc2cccc(C(=O)N3CCN(C(=O)C(C)(C)C)CC3(C)C)c2)n1. The molecule has 1 aliphatic rings. The number of hydrogen-bond acceptors (Lipinski definition) is 3. The second kappa shape index (κ2) is 7.89. The maximum absolute atomic E-state index is 13.4. The molecule has 30 heavy (non-hydrogen) atoms. The van der Waals surface area contributed by atoms with Crippen LogP contribution in [0.25, 0.3) is 0 Å². The van der Waals surface area contributed by atoms with E-state index >= 15 is 0 Å². The quantitative estimate of drug-likeness (QED) is 0.776. The summed E-state index contributed by atoms with van der Waals surface area (Å²) in [6.07, 6.45) is 0. The van der Waals surface area contributed by atoms with Gasteiger partial charge in [-0.25, -0.2) is 0 Å². The summed E-state index contributed by atoms with van der Waals surface area (Å²) in [5.74, 6) is 0.146. The molecule has 0 radical (unpaired) electrons. The summed E-state index contributed by atoms with van der Waals surface area (Å²) in [5.41, 5.74) is 2.97. The van der Waals surface area contributed by atoms with E-state index in [4.69, 9.17) is 0 Å². The number of hydrogen-bond donors (Lipinski definition) is 0. The zero-order valence-corrected chi connectivity index (χ0v) is 19.3. The Morgan fingerprint density at radius 1 is 1.10 bits per heavy atom. The minimum atomic E-state index is -0.429. The molecule has 1 saturated heterocycles. The highest BCUT2D eigenvalue weighted by Crippen LogP contribution is 2.27. The van der Waals surface area contributed by atoms with E-state index in [1.165, 1.54) is 0 Å². The van der Waals surface area contributed by atoms with E-state index in [0.717, 1.165) is 17.0 Å². The first-order chi connectivity index (χ1) is 13.9. The predicted molar refractivity (Wildman–Crippen MR) is 118 cm³/mol. The highest BCUT2D eigenvalue weighted by atomic mass is 16.2. The van der Waals surface area contributed by atoms with Crippen LogP contribution >= 0.6 is 0 Å². The number of aryl methyl sites for hydroxylation is 2.